The zero-order valence-corrected chi connectivity index (χ0v) is 15.7. The van der Waals surface area contributed by atoms with Crippen LogP contribution >= 0.6 is 0 Å². The molecule has 3 aromatic rings. The van der Waals surface area contributed by atoms with Crippen LogP contribution in [-0.2, 0) is 6.61 Å². The molecule has 27 heavy (non-hydrogen) atoms. The van der Waals surface area contributed by atoms with Crippen molar-refractivity contribution in [2.24, 2.45) is 0 Å². The minimum Gasteiger partial charge on any atom is -0.489 e. The highest BCUT2D eigenvalue weighted by Crippen LogP contribution is 2.29. The number of benzene rings is 2. The van der Waals surface area contributed by atoms with E-state index < -0.39 is 0 Å². The Balaban J connectivity index is 1.55. The molecule has 1 aliphatic rings. The van der Waals surface area contributed by atoms with E-state index in [1.54, 1.807) is 0 Å². The van der Waals surface area contributed by atoms with E-state index in [1.807, 2.05) is 55.5 Å². The van der Waals surface area contributed by atoms with Gasteiger partial charge in [-0.2, -0.15) is 0 Å². The van der Waals surface area contributed by atoms with Gasteiger partial charge in [0.15, 0.2) is 0 Å². The third-order valence-electron chi connectivity index (χ3n) is 5.04. The van der Waals surface area contributed by atoms with Gasteiger partial charge in [0.05, 0.1) is 5.56 Å². The van der Waals surface area contributed by atoms with E-state index in [0.29, 0.717) is 23.5 Å². The lowest BCUT2D eigenvalue weighted by Gasteiger charge is -2.12. The van der Waals surface area contributed by atoms with Crippen LogP contribution < -0.4 is 10.1 Å². The average molecular weight is 364 g/mol. The van der Waals surface area contributed by atoms with Crippen molar-refractivity contribution < 1.29 is 13.9 Å². The third-order valence-corrected chi connectivity index (χ3v) is 5.04. The van der Waals surface area contributed by atoms with Gasteiger partial charge in [-0.25, -0.2) is 0 Å². The minimum atomic E-state index is -0.0771. The highest BCUT2D eigenvalue weighted by molar-refractivity contribution is 6.07. The third kappa shape index (κ3) is 3.83. The van der Waals surface area contributed by atoms with E-state index in [0.717, 1.165) is 36.2 Å². The second kappa shape index (κ2) is 7.45. The van der Waals surface area contributed by atoms with Crippen molar-refractivity contribution >= 4 is 16.9 Å². The van der Waals surface area contributed by atoms with E-state index in [1.165, 1.54) is 0 Å². The van der Waals surface area contributed by atoms with Gasteiger partial charge < -0.3 is 19.4 Å². The number of carbonyl (C=O) groups excluding carboxylic acids is 1. The molecule has 4 rings (SSSR count). The van der Waals surface area contributed by atoms with Crippen LogP contribution in [0.5, 0.6) is 5.75 Å². The van der Waals surface area contributed by atoms with Crippen molar-refractivity contribution in [2.45, 2.75) is 26.0 Å². The summed E-state index contributed by atoms with van der Waals surface area (Å²) in [5.41, 5.74) is 2.40. The van der Waals surface area contributed by atoms with Crippen molar-refractivity contribution in [3.8, 4) is 5.75 Å². The van der Waals surface area contributed by atoms with Crippen LogP contribution in [0.25, 0.3) is 11.0 Å². The molecule has 1 aliphatic heterocycles. The number of ether oxygens (including phenoxy) is 1. The van der Waals surface area contributed by atoms with Crippen LogP contribution in [0.4, 0.5) is 0 Å². The van der Waals surface area contributed by atoms with Gasteiger partial charge in [0.1, 0.15) is 23.7 Å². The largest absolute Gasteiger partial charge is 0.489 e. The summed E-state index contributed by atoms with van der Waals surface area (Å²) in [6, 6.07) is 15.8. The molecule has 5 nitrogen and oxygen atoms in total. The summed E-state index contributed by atoms with van der Waals surface area (Å²) in [6.07, 6.45) is 0.975. The molecule has 1 atom stereocenters. The van der Waals surface area contributed by atoms with Gasteiger partial charge in [-0.05, 0) is 50.7 Å². The molecule has 140 valence electrons. The Morgan fingerprint density at radius 2 is 2.07 bits per heavy atom. The molecule has 0 aliphatic carbocycles. The van der Waals surface area contributed by atoms with Crippen LogP contribution in [0.2, 0.25) is 0 Å². The van der Waals surface area contributed by atoms with E-state index >= 15 is 0 Å². The number of nitrogens with zero attached hydrogens (tertiary/aromatic N) is 1. The molecule has 1 N–H and O–H groups in total. The van der Waals surface area contributed by atoms with Crippen molar-refractivity contribution in [3.05, 3.63) is 65.4 Å². The Morgan fingerprint density at radius 3 is 2.81 bits per heavy atom. The maximum atomic E-state index is 12.9. The standard InChI is InChI=1S/C22H24N2O3/c1-15-21(22(25)23-17-10-11-24(2)13-17)19-12-18(8-9-20(19)27-15)26-14-16-6-4-3-5-7-16/h3-9,12,17H,10-11,13-14H2,1-2H3,(H,23,25)/t17-/m0/s1. The number of aryl methyl sites for hydroxylation is 1. The quantitative estimate of drug-likeness (QED) is 0.749. The number of likely N-dealkylation sites (tertiary alicyclic amines) is 1. The van der Waals surface area contributed by atoms with Crippen molar-refractivity contribution in [3.63, 3.8) is 0 Å². The molecule has 2 aromatic carbocycles. The highest BCUT2D eigenvalue weighted by atomic mass is 16.5. The normalized spacial score (nSPS) is 17.3. The number of likely N-dealkylation sites (N-methyl/N-ethyl adjacent to an activating group) is 1. The first-order chi connectivity index (χ1) is 13.1. The molecular weight excluding hydrogens is 340 g/mol. The van der Waals surface area contributed by atoms with E-state index in [2.05, 4.69) is 17.3 Å². The van der Waals surface area contributed by atoms with Crippen molar-refractivity contribution in [1.82, 2.24) is 10.2 Å². The number of hydrogen-bond donors (Lipinski definition) is 1. The first-order valence-corrected chi connectivity index (χ1v) is 9.29. The van der Waals surface area contributed by atoms with E-state index in [-0.39, 0.29) is 11.9 Å². The van der Waals surface area contributed by atoms with Crippen LogP contribution in [0, 0.1) is 6.92 Å². The molecule has 1 aromatic heterocycles. The monoisotopic (exact) mass is 364 g/mol. The number of carbonyl (C=O) groups is 1. The number of rotatable bonds is 5. The molecule has 2 heterocycles. The van der Waals surface area contributed by atoms with E-state index in [4.69, 9.17) is 9.15 Å². The van der Waals surface area contributed by atoms with E-state index in [9.17, 15) is 4.79 Å². The topological polar surface area (TPSA) is 54.7 Å². The number of furan rings is 1. The number of nitrogens with one attached hydrogen (secondary N) is 1. The lowest BCUT2D eigenvalue weighted by molar-refractivity contribution is 0.0938. The summed E-state index contributed by atoms with van der Waals surface area (Å²) in [5, 5.41) is 3.93. The lowest BCUT2D eigenvalue weighted by Crippen LogP contribution is -2.36. The molecule has 0 unspecified atom stereocenters. The van der Waals surface area contributed by atoms with Crippen molar-refractivity contribution in [2.75, 3.05) is 20.1 Å². The Kier molecular flexibility index (Phi) is 4.86. The Labute approximate surface area is 158 Å². The molecule has 5 heteroatoms. The summed E-state index contributed by atoms with van der Waals surface area (Å²) in [5.74, 6) is 1.28. The molecule has 0 radical (unpaired) electrons. The minimum absolute atomic E-state index is 0.0771. The van der Waals surface area contributed by atoms with Gasteiger partial charge in [0.2, 0.25) is 0 Å². The average Bonchev–Trinajstić information content (AvgIpc) is 3.22. The zero-order valence-electron chi connectivity index (χ0n) is 15.7. The Morgan fingerprint density at radius 1 is 1.26 bits per heavy atom. The van der Waals surface area contributed by atoms with Crippen LogP contribution in [0.3, 0.4) is 0 Å². The van der Waals surface area contributed by atoms with Crippen LogP contribution in [0.15, 0.2) is 52.9 Å². The predicted octanol–water partition coefficient (Wildman–Crippen LogP) is 3.75. The molecule has 1 saturated heterocycles. The van der Waals surface area contributed by atoms with Gasteiger partial charge in [-0.3, -0.25) is 4.79 Å². The Hall–Kier alpha value is -2.79. The highest BCUT2D eigenvalue weighted by Gasteiger charge is 2.25. The molecule has 1 amide bonds. The zero-order chi connectivity index (χ0) is 18.8. The number of amides is 1. The predicted molar refractivity (Wildman–Crippen MR) is 105 cm³/mol. The molecule has 1 fully saturated rings. The van der Waals surface area contributed by atoms with Gasteiger partial charge in [-0.1, -0.05) is 30.3 Å². The summed E-state index contributed by atoms with van der Waals surface area (Å²) in [4.78, 5) is 15.1. The second-order valence-electron chi connectivity index (χ2n) is 7.19. The summed E-state index contributed by atoms with van der Waals surface area (Å²) >= 11 is 0. The lowest BCUT2D eigenvalue weighted by atomic mass is 10.1. The van der Waals surface area contributed by atoms with Gasteiger partial charge in [-0.15, -0.1) is 0 Å². The van der Waals surface area contributed by atoms with Crippen LogP contribution in [0.1, 0.15) is 28.1 Å². The summed E-state index contributed by atoms with van der Waals surface area (Å²) in [7, 11) is 2.07. The summed E-state index contributed by atoms with van der Waals surface area (Å²) < 4.78 is 11.7. The molecule has 0 spiro atoms. The maximum absolute atomic E-state index is 12.9. The fourth-order valence-electron chi connectivity index (χ4n) is 3.62. The van der Waals surface area contributed by atoms with Crippen molar-refractivity contribution in [1.29, 1.82) is 0 Å². The SMILES string of the molecule is Cc1oc2ccc(OCc3ccccc3)cc2c1C(=O)N[C@H]1CCN(C)C1. The van der Waals surface area contributed by atoms with Gasteiger partial charge in [0, 0.05) is 18.0 Å². The fraction of sp³-hybridized carbons (Fsp3) is 0.318. The molecule has 0 bridgehead atoms. The first kappa shape index (κ1) is 17.6. The first-order valence-electron chi connectivity index (χ1n) is 9.29. The van der Waals surface area contributed by atoms with Gasteiger partial charge >= 0.3 is 0 Å². The number of fused-ring (bicyclic) bond motifs is 1. The maximum Gasteiger partial charge on any atom is 0.255 e. The summed E-state index contributed by atoms with van der Waals surface area (Å²) in [6.45, 7) is 4.21. The van der Waals surface area contributed by atoms with Crippen LogP contribution in [-0.4, -0.2) is 37.0 Å². The molecular formula is C22H24N2O3. The van der Waals surface area contributed by atoms with Gasteiger partial charge in [0.25, 0.3) is 5.91 Å². The smallest absolute Gasteiger partial charge is 0.255 e. The Bertz CT molecular complexity index is 949. The second-order valence-corrected chi connectivity index (χ2v) is 7.19. The molecule has 0 saturated carbocycles. The fourth-order valence-corrected chi connectivity index (χ4v) is 3.62. The number of hydrogen-bond acceptors (Lipinski definition) is 4.